The van der Waals surface area contributed by atoms with Gasteiger partial charge in [0.15, 0.2) is 0 Å². The fourth-order valence-electron chi connectivity index (χ4n) is 2.36. The first-order valence-corrected chi connectivity index (χ1v) is 5.18. The molecule has 64 valence electrons. The van der Waals surface area contributed by atoms with Gasteiger partial charge in [-0.15, -0.1) is 0 Å². The lowest BCUT2D eigenvalue weighted by Gasteiger charge is -2.64. The second kappa shape index (κ2) is 1.97. The van der Waals surface area contributed by atoms with Crippen LogP contribution in [-0.2, 0) is 4.74 Å². The van der Waals surface area contributed by atoms with Crippen molar-refractivity contribution in [2.24, 2.45) is 11.8 Å². The lowest BCUT2D eigenvalue weighted by molar-refractivity contribution is -0.184. The predicted octanol–water partition coefficient (Wildman–Crippen LogP) is 2.86. The number of hydrogen-bond acceptors (Lipinski definition) is 2. The van der Waals surface area contributed by atoms with Gasteiger partial charge in [0.25, 0.3) is 0 Å². The Hall–Kier alpha value is 0.310. The first kappa shape index (κ1) is 7.93. The van der Waals surface area contributed by atoms with E-state index in [0.717, 1.165) is 11.8 Å². The molecule has 1 aliphatic carbocycles. The quantitative estimate of drug-likeness (QED) is 0.555. The summed E-state index contributed by atoms with van der Waals surface area (Å²) in [6.45, 7) is 8.89. The standard InChI is InChI=1S/C9H16OS/c1-6-5-7(2)9(6)10-8(3,4)11-9/h6-7H,5H2,1-4H3. The summed E-state index contributed by atoms with van der Waals surface area (Å²) in [5.41, 5.74) is 0. The molecule has 0 aromatic rings. The first-order chi connectivity index (χ1) is 4.96. The molecule has 2 rings (SSSR count). The van der Waals surface area contributed by atoms with Gasteiger partial charge in [0.05, 0.1) is 0 Å². The topological polar surface area (TPSA) is 9.23 Å². The van der Waals surface area contributed by atoms with E-state index in [0.29, 0.717) is 0 Å². The molecular weight excluding hydrogens is 156 g/mol. The molecule has 1 spiro atoms. The van der Waals surface area contributed by atoms with Crippen LogP contribution in [0.1, 0.15) is 34.1 Å². The number of rotatable bonds is 0. The van der Waals surface area contributed by atoms with Gasteiger partial charge in [0.1, 0.15) is 9.87 Å². The van der Waals surface area contributed by atoms with Crippen molar-refractivity contribution in [3.8, 4) is 0 Å². The molecule has 0 amide bonds. The van der Waals surface area contributed by atoms with Gasteiger partial charge < -0.3 is 4.74 Å². The van der Waals surface area contributed by atoms with Crippen LogP contribution < -0.4 is 0 Å². The summed E-state index contributed by atoms with van der Waals surface area (Å²) in [6, 6.07) is 0. The molecule has 1 heterocycles. The van der Waals surface area contributed by atoms with Gasteiger partial charge in [0.2, 0.25) is 0 Å². The third kappa shape index (κ3) is 0.888. The predicted molar refractivity (Wildman–Crippen MR) is 48.4 cm³/mol. The van der Waals surface area contributed by atoms with Crippen LogP contribution in [0.5, 0.6) is 0 Å². The Morgan fingerprint density at radius 1 is 1.27 bits per heavy atom. The highest BCUT2D eigenvalue weighted by atomic mass is 32.2. The molecule has 0 aromatic carbocycles. The number of hydrogen-bond donors (Lipinski definition) is 0. The monoisotopic (exact) mass is 172 g/mol. The minimum atomic E-state index is 0.0862. The van der Waals surface area contributed by atoms with Gasteiger partial charge in [-0.2, -0.15) is 0 Å². The van der Waals surface area contributed by atoms with Crippen LogP contribution >= 0.6 is 11.8 Å². The number of ether oxygens (including phenoxy) is 1. The smallest absolute Gasteiger partial charge is 0.123 e. The molecule has 1 aliphatic heterocycles. The molecule has 0 N–H and O–H groups in total. The maximum atomic E-state index is 5.94. The van der Waals surface area contributed by atoms with Crippen molar-refractivity contribution < 1.29 is 4.74 Å². The molecule has 1 nitrogen and oxygen atoms in total. The Bertz CT molecular complexity index is 170. The molecular formula is C9H16OS. The average Bonchev–Trinajstić information content (AvgIpc) is 1.83. The van der Waals surface area contributed by atoms with Crippen molar-refractivity contribution in [1.29, 1.82) is 0 Å². The van der Waals surface area contributed by atoms with Gasteiger partial charge in [0, 0.05) is 0 Å². The third-order valence-electron chi connectivity index (χ3n) is 2.89. The average molecular weight is 172 g/mol. The molecule has 2 heteroatoms. The SMILES string of the molecule is CC1CC(C)C12OC(C)(C)S2. The van der Waals surface area contributed by atoms with Crippen molar-refractivity contribution >= 4 is 11.8 Å². The first-order valence-electron chi connectivity index (χ1n) is 4.37. The van der Waals surface area contributed by atoms with Crippen LogP contribution in [0.3, 0.4) is 0 Å². The van der Waals surface area contributed by atoms with Gasteiger partial charge in [-0.3, -0.25) is 0 Å². The summed E-state index contributed by atoms with van der Waals surface area (Å²) in [7, 11) is 0. The Balaban J connectivity index is 2.06. The van der Waals surface area contributed by atoms with E-state index < -0.39 is 0 Å². The van der Waals surface area contributed by atoms with E-state index in [-0.39, 0.29) is 9.87 Å². The summed E-state index contributed by atoms with van der Waals surface area (Å²) in [4.78, 5) is 0.298. The highest BCUT2D eigenvalue weighted by molar-refractivity contribution is 8.02. The molecule has 11 heavy (non-hydrogen) atoms. The molecule has 0 bridgehead atoms. The van der Waals surface area contributed by atoms with E-state index >= 15 is 0 Å². The Morgan fingerprint density at radius 3 is 1.91 bits per heavy atom. The van der Waals surface area contributed by atoms with Gasteiger partial charge in [-0.25, -0.2) is 0 Å². The zero-order chi connectivity index (χ0) is 8.28. The molecule has 2 unspecified atom stereocenters. The van der Waals surface area contributed by atoms with E-state index in [9.17, 15) is 0 Å². The molecule has 1 saturated carbocycles. The zero-order valence-corrected chi connectivity index (χ0v) is 8.49. The Labute approximate surface area is 72.9 Å². The van der Waals surface area contributed by atoms with Crippen molar-refractivity contribution in [2.45, 2.75) is 44.0 Å². The molecule has 2 aliphatic rings. The van der Waals surface area contributed by atoms with Gasteiger partial charge in [-0.1, -0.05) is 25.6 Å². The van der Waals surface area contributed by atoms with Crippen molar-refractivity contribution in [3.05, 3.63) is 0 Å². The normalized spacial score (nSPS) is 53.5. The van der Waals surface area contributed by atoms with E-state index in [1.165, 1.54) is 6.42 Å². The van der Waals surface area contributed by atoms with Crippen LogP contribution in [-0.4, -0.2) is 9.87 Å². The number of thioether (sulfide) groups is 1. The molecule has 1 saturated heterocycles. The third-order valence-corrected chi connectivity index (χ3v) is 4.67. The summed E-state index contributed by atoms with van der Waals surface area (Å²) >= 11 is 2.01. The summed E-state index contributed by atoms with van der Waals surface area (Å²) in [5, 5.41) is 0. The fraction of sp³-hybridized carbons (Fsp3) is 1.00. The molecule has 2 fully saturated rings. The van der Waals surface area contributed by atoms with Gasteiger partial charge >= 0.3 is 0 Å². The molecule has 0 radical (unpaired) electrons. The van der Waals surface area contributed by atoms with E-state index in [1.54, 1.807) is 0 Å². The lowest BCUT2D eigenvalue weighted by atomic mass is 9.72. The second-order valence-corrected chi connectivity index (χ2v) is 6.19. The summed E-state index contributed by atoms with van der Waals surface area (Å²) in [5.74, 6) is 1.52. The van der Waals surface area contributed by atoms with E-state index in [2.05, 4.69) is 27.7 Å². The lowest BCUT2D eigenvalue weighted by Crippen LogP contribution is -2.64. The highest BCUT2D eigenvalue weighted by Crippen LogP contribution is 2.66. The van der Waals surface area contributed by atoms with Crippen molar-refractivity contribution in [3.63, 3.8) is 0 Å². The highest BCUT2D eigenvalue weighted by Gasteiger charge is 2.63. The summed E-state index contributed by atoms with van der Waals surface area (Å²) in [6.07, 6.45) is 1.34. The van der Waals surface area contributed by atoms with E-state index in [4.69, 9.17) is 4.74 Å². The summed E-state index contributed by atoms with van der Waals surface area (Å²) < 4.78 is 5.94. The Kier molecular flexibility index (Phi) is 1.42. The van der Waals surface area contributed by atoms with Crippen LogP contribution in [0, 0.1) is 11.8 Å². The largest absolute Gasteiger partial charge is 0.347 e. The Morgan fingerprint density at radius 2 is 1.73 bits per heavy atom. The minimum absolute atomic E-state index is 0.0862. The molecule has 2 atom stereocenters. The second-order valence-electron chi connectivity index (χ2n) is 4.36. The maximum absolute atomic E-state index is 5.94. The van der Waals surface area contributed by atoms with Crippen LogP contribution in [0.4, 0.5) is 0 Å². The van der Waals surface area contributed by atoms with Crippen molar-refractivity contribution in [2.75, 3.05) is 0 Å². The van der Waals surface area contributed by atoms with Crippen LogP contribution in [0.2, 0.25) is 0 Å². The van der Waals surface area contributed by atoms with Crippen molar-refractivity contribution in [1.82, 2.24) is 0 Å². The van der Waals surface area contributed by atoms with E-state index in [1.807, 2.05) is 11.8 Å². The van der Waals surface area contributed by atoms with Gasteiger partial charge in [-0.05, 0) is 32.1 Å². The molecule has 0 aromatic heterocycles. The fourth-order valence-corrected chi connectivity index (χ4v) is 4.04. The zero-order valence-electron chi connectivity index (χ0n) is 7.68. The maximum Gasteiger partial charge on any atom is 0.123 e. The van der Waals surface area contributed by atoms with Crippen LogP contribution in [0.15, 0.2) is 0 Å². The van der Waals surface area contributed by atoms with Crippen LogP contribution in [0.25, 0.3) is 0 Å². The minimum Gasteiger partial charge on any atom is -0.347 e.